The van der Waals surface area contributed by atoms with Gasteiger partial charge in [0.05, 0.1) is 44.7 Å². The van der Waals surface area contributed by atoms with Crippen LogP contribution in [0.3, 0.4) is 0 Å². The third-order valence-corrected chi connectivity index (χ3v) is 7.93. The number of nitrogen functional groups attached to an aromatic ring is 1. The number of aromatic hydroxyl groups is 1. The van der Waals surface area contributed by atoms with Crippen LogP contribution in [0.4, 0.5) is 11.4 Å². The summed E-state index contributed by atoms with van der Waals surface area (Å²) in [5, 5.41) is 51.0. The second kappa shape index (κ2) is 15.7. The summed E-state index contributed by atoms with van der Waals surface area (Å²) in [6.45, 7) is -3.77. The van der Waals surface area contributed by atoms with Crippen LogP contribution in [-0.4, -0.2) is 92.6 Å². The Kier molecular flexibility index (Phi) is 11.6. The van der Waals surface area contributed by atoms with E-state index in [9.17, 15) is 59.3 Å². The first kappa shape index (κ1) is 37.8. The Bertz CT molecular complexity index is 2090. The fourth-order valence-corrected chi connectivity index (χ4v) is 5.83. The van der Waals surface area contributed by atoms with Gasteiger partial charge in [0.25, 0.3) is 18.6 Å². The number of aliphatic carboxylic acids is 2. The fourth-order valence-electron chi connectivity index (χ4n) is 5.38. The van der Waals surface area contributed by atoms with Crippen molar-refractivity contribution in [3.63, 3.8) is 0 Å². The molecule has 268 valence electrons. The second-order valence-electron chi connectivity index (χ2n) is 10.6. The predicted octanol–water partition coefficient (Wildman–Crippen LogP) is 2.80. The number of carbonyl (C=O) groups is 5. The van der Waals surface area contributed by atoms with Crippen LogP contribution in [0.2, 0.25) is 10.0 Å². The average molecular weight is 751 g/mol. The molecular weight excluding hydrogens is 727 g/mol. The zero-order chi connectivity index (χ0) is 37.7. The Morgan fingerprint density at radius 2 is 1.51 bits per heavy atom. The molecule has 2 aromatic rings. The predicted molar refractivity (Wildman–Crippen MR) is 174 cm³/mol. The molecule has 1 heterocycles. The van der Waals surface area contributed by atoms with E-state index in [0.717, 1.165) is 29.2 Å². The molecule has 0 saturated carbocycles. The highest BCUT2D eigenvalue weighted by Gasteiger charge is 2.32. The molecule has 1 aliphatic carbocycles. The van der Waals surface area contributed by atoms with Gasteiger partial charge in [0.2, 0.25) is 5.43 Å². The van der Waals surface area contributed by atoms with Crippen molar-refractivity contribution in [3.8, 4) is 28.2 Å². The van der Waals surface area contributed by atoms with Crippen molar-refractivity contribution < 1.29 is 63.2 Å². The lowest BCUT2D eigenvalue weighted by atomic mass is 9.87. The molecule has 1 aliphatic heterocycles. The number of nitrogens with two attached hydrogens (primary N) is 1. The molecule has 21 heteroatoms. The number of nitro groups is 1. The van der Waals surface area contributed by atoms with E-state index in [1.165, 1.54) is 4.90 Å². The van der Waals surface area contributed by atoms with Gasteiger partial charge in [-0.3, -0.25) is 39.0 Å². The van der Waals surface area contributed by atoms with Crippen LogP contribution in [-0.2, 0) is 41.7 Å². The van der Waals surface area contributed by atoms with Gasteiger partial charge in [-0.1, -0.05) is 23.2 Å². The number of hydrogen-bond acceptors (Lipinski definition) is 15. The van der Waals surface area contributed by atoms with Crippen LogP contribution in [0.25, 0.3) is 33.4 Å². The molecule has 0 fully saturated rings. The van der Waals surface area contributed by atoms with E-state index in [0.29, 0.717) is 0 Å². The third-order valence-electron chi connectivity index (χ3n) is 7.36. The molecule has 2 aromatic carbocycles. The quantitative estimate of drug-likeness (QED) is 0.0259. The fraction of sp³-hybridized carbons (Fsp3) is 0.200. The van der Waals surface area contributed by atoms with E-state index in [-0.39, 0.29) is 51.2 Å². The van der Waals surface area contributed by atoms with Crippen molar-refractivity contribution >= 4 is 76.4 Å². The van der Waals surface area contributed by atoms with Crippen LogP contribution in [0.1, 0.15) is 21.5 Å². The lowest BCUT2D eigenvalue weighted by Gasteiger charge is -2.25. The Morgan fingerprint density at radius 1 is 0.922 bits per heavy atom. The Hall–Kier alpha value is -6.02. The van der Waals surface area contributed by atoms with Crippen molar-refractivity contribution in [2.24, 2.45) is 0 Å². The molecule has 0 unspecified atom stereocenters. The molecule has 2 aliphatic rings. The number of nitrogens with zero attached hydrogens (tertiary/aromatic N) is 3. The molecular formula is C30H24Cl2N4O15. The van der Waals surface area contributed by atoms with Crippen molar-refractivity contribution in [2.45, 2.75) is 13.1 Å². The SMILES string of the molecule is Nc1c([N+](=O)[O-])ccc(-c2c3cc(Cl)c(=O)c(CN(CC(=O)O)CC(=O)O)c-3oc3c(CN(COC=O)COC=O)c(O)c(Cl)cc23)c1C(=O)O. The molecule has 51 heavy (non-hydrogen) atoms. The molecule has 19 nitrogen and oxygen atoms in total. The molecule has 0 radical (unpaired) electrons. The Labute approximate surface area is 294 Å². The van der Waals surface area contributed by atoms with Crippen LogP contribution in [0.15, 0.2) is 33.5 Å². The molecule has 0 bridgehead atoms. The smallest absolute Gasteiger partial charge is 0.338 e. The van der Waals surface area contributed by atoms with Crippen molar-refractivity contribution in [2.75, 3.05) is 32.3 Å². The van der Waals surface area contributed by atoms with E-state index in [2.05, 4.69) is 0 Å². The number of hydrogen-bond donors (Lipinski definition) is 5. The maximum absolute atomic E-state index is 13.6. The zero-order valence-electron chi connectivity index (χ0n) is 25.7. The van der Waals surface area contributed by atoms with Crippen molar-refractivity contribution in [3.05, 3.63) is 71.3 Å². The first-order valence-electron chi connectivity index (χ1n) is 14.0. The van der Waals surface area contributed by atoms with Gasteiger partial charge in [-0.25, -0.2) is 9.69 Å². The summed E-state index contributed by atoms with van der Waals surface area (Å²) in [5.74, 6) is -5.67. The highest BCUT2D eigenvalue weighted by atomic mass is 35.5. The normalized spacial score (nSPS) is 11.2. The topological polar surface area (TPSA) is 291 Å². The molecule has 0 spiro atoms. The molecule has 0 saturated heterocycles. The largest absolute Gasteiger partial charge is 0.506 e. The van der Waals surface area contributed by atoms with Crippen LogP contribution < -0.4 is 11.2 Å². The Balaban J connectivity index is 2.24. The number of phenolic OH excluding ortho intramolecular Hbond substituents is 1. The number of benzene rings is 3. The van der Waals surface area contributed by atoms with Gasteiger partial charge < -0.3 is 40.1 Å². The van der Waals surface area contributed by atoms with E-state index in [4.69, 9.17) is 42.8 Å². The van der Waals surface area contributed by atoms with Gasteiger partial charge in [0.15, 0.2) is 0 Å². The molecule has 0 atom stereocenters. The van der Waals surface area contributed by atoms with E-state index in [1.54, 1.807) is 0 Å². The van der Waals surface area contributed by atoms with Gasteiger partial charge in [0.1, 0.15) is 36.2 Å². The molecule has 4 rings (SSSR count). The lowest BCUT2D eigenvalue weighted by molar-refractivity contribution is -0.383. The van der Waals surface area contributed by atoms with E-state index >= 15 is 0 Å². The third kappa shape index (κ3) is 7.91. The van der Waals surface area contributed by atoms with Crippen LogP contribution >= 0.6 is 23.2 Å². The maximum atomic E-state index is 13.6. The van der Waals surface area contributed by atoms with E-state index < -0.39 is 107 Å². The average Bonchev–Trinajstić information content (AvgIpc) is 3.04. The first-order chi connectivity index (χ1) is 24.1. The molecule has 6 N–H and O–H groups in total. The van der Waals surface area contributed by atoms with Crippen LogP contribution in [0.5, 0.6) is 5.75 Å². The highest BCUT2D eigenvalue weighted by Crippen LogP contribution is 2.49. The number of ether oxygens (including phenoxy) is 2. The molecule has 0 aromatic heterocycles. The minimum Gasteiger partial charge on any atom is -0.506 e. The maximum Gasteiger partial charge on any atom is 0.338 e. The number of carboxylic acid groups (broad SMARTS) is 3. The summed E-state index contributed by atoms with van der Waals surface area (Å²) in [7, 11) is 0. The number of fused-ring (bicyclic) bond motifs is 2. The number of halogens is 2. The number of phenols is 1. The number of carboxylic acids is 3. The summed E-state index contributed by atoms with van der Waals surface area (Å²) in [6, 6.07) is 4.19. The number of anilines is 1. The number of rotatable bonds is 17. The molecule has 0 amide bonds. The lowest BCUT2D eigenvalue weighted by Crippen LogP contribution is -2.35. The second-order valence-corrected chi connectivity index (χ2v) is 11.4. The first-order valence-corrected chi connectivity index (χ1v) is 14.8. The van der Waals surface area contributed by atoms with Crippen molar-refractivity contribution in [1.29, 1.82) is 0 Å². The number of aromatic carboxylic acids is 1. The zero-order valence-corrected chi connectivity index (χ0v) is 27.2. The van der Waals surface area contributed by atoms with Crippen molar-refractivity contribution in [1.82, 2.24) is 9.80 Å². The van der Waals surface area contributed by atoms with Gasteiger partial charge in [-0.2, -0.15) is 0 Å². The number of nitro benzene ring substituents is 1. The van der Waals surface area contributed by atoms with Gasteiger partial charge in [-0.15, -0.1) is 0 Å². The van der Waals surface area contributed by atoms with Gasteiger partial charge in [0, 0.05) is 41.2 Å². The number of carbonyl (C=O) groups excluding carboxylic acids is 2. The summed E-state index contributed by atoms with van der Waals surface area (Å²) in [5.41, 5.74) is 1.25. The van der Waals surface area contributed by atoms with Gasteiger partial charge >= 0.3 is 17.9 Å². The standard InChI is InChI=1S/C30H24Cl2N4O15/c31-18-3-14-23(13-1-2-20(36(47)48)25(33)24(13)30(45)46)15-4-19(32)27(44)17(6-35(9-49-11-37)10-50-12-38)29(15)51-28(14)16(26(18)43)5-34(7-21(39)40)8-22(41)42/h1-4,11-12,44H,5-10,33H2,(H,39,40)(H,41,42)(H,45,46). The van der Waals surface area contributed by atoms with Gasteiger partial charge in [-0.05, 0) is 18.2 Å². The Morgan fingerprint density at radius 3 is 2.04 bits per heavy atom. The summed E-state index contributed by atoms with van der Waals surface area (Å²) in [6.07, 6.45) is 0. The monoisotopic (exact) mass is 750 g/mol. The van der Waals surface area contributed by atoms with Crippen LogP contribution in [0, 0.1) is 10.1 Å². The summed E-state index contributed by atoms with van der Waals surface area (Å²) >= 11 is 12.8. The minimum absolute atomic E-state index is 0.0814. The van der Waals surface area contributed by atoms with E-state index in [1.807, 2.05) is 0 Å². The summed E-state index contributed by atoms with van der Waals surface area (Å²) < 4.78 is 15.8. The minimum atomic E-state index is -1.72. The summed E-state index contributed by atoms with van der Waals surface area (Å²) in [4.78, 5) is 84.1. The highest BCUT2D eigenvalue weighted by molar-refractivity contribution is 6.33.